The van der Waals surface area contributed by atoms with Gasteiger partial charge in [-0.05, 0) is 45.1 Å². The summed E-state index contributed by atoms with van der Waals surface area (Å²) in [5.41, 5.74) is 0.778. The molecule has 3 unspecified atom stereocenters. The van der Waals surface area contributed by atoms with E-state index in [-0.39, 0.29) is 0 Å². The van der Waals surface area contributed by atoms with Crippen molar-refractivity contribution in [1.29, 1.82) is 0 Å². The third kappa shape index (κ3) is 2.02. The van der Waals surface area contributed by atoms with Crippen molar-refractivity contribution in [2.75, 3.05) is 13.6 Å². The molecule has 2 heteroatoms. The average Bonchev–Trinajstić information content (AvgIpc) is 2.41. The molecule has 0 aromatic heterocycles. The van der Waals surface area contributed by atoms with Crippen molar-refractivity contribution >= 4 is 0 Å². The van der Waals surface area contributed by atoms with E-state index in [1.807, 2.05) is 0 Å². The van der Waals surface area contributed by atoms with E-state index in [1.54, 1.807) is 0 Å². The van der Waals surface area contributed by atoms with Crippen LogP contribution in [0.2, 0.25) is 0 Å². The molecule has 0 aliphatic carbocycles. The number of rotatable bonds is 0. The van der Waals surface area contributed by atoms with Crippen LogP contribution in [0.1, 0.15) is 47.5 Å². The Morgan fingerprint density at radius 2 is 1.75 bits per heavy atom. The molecule has 0 spiro atoms. The third-order valence-electron chi connectivity index (χ3n) is 5.09. The first-order valence-corrected chi connectivity index (χ1v) is 6.70. The van der Waals surface area contributed by atoms with Gasteiger partial charge < -0.3 is 10.2 Å². The van der Waals surface area contributed by atoms with E-state index in [2.05, 4.69) is 51.9 Å². The number of fused-ring (bicyclic) bond motifs is 2. The zero-order valence-corrected chi connectivity index (χ0v) is 11.8. The van der Waals surface area contributed by atoms with Crippen LogP contribution in [0.15, 0.2) is 0 Å². The van der Waals surface area contributed by atoms with Crippen molar-refractivity contribution in [3.63, 3.8) is 0 Å². The van der Waals surface area contributed by atoms with Crippen LogP contribution in [0, 0.1) is 11.3 Å². The molecule has 1 N–H and O–H groups in total. The van der Waals surface area contributed by atoms with Crippen LogP contribution in [0.5, 0.6) is 0 Å². The zero-order valence-electron chi connectivity index (χ0n) is 11.8. The normalized spacial score (nSPS) is 42.8. The van der Waals surface area contributed by atoms with E-state index in [0.29, 0.717) is 17.0 Å². The Bertz CT molecular complexity index is 270. The van der Waals surface area contributed by atoms with E-state index in [1.165, 1.54) is 19.4 Å². The molecule has 2 bridgehead atoms. The van der Waals surface area contributed by atoms with Crippen LogP contribution < -0.4 is 5.32 Å². The lowest BCUT2D eigenvalue weighted by molar-refractivity contribution is 0.0860. The first-order valence-electron chi connectivity index (χ1n) is 6.70. The standard InChI is InChI=1S/C14H28N2/c1-10-9-16(6)14(4,5)8-12-13(2,3)7-11(10)15-12/h10-12,15H,7-9H2,1-6H3. The number of nitrogens with zero attached hydrogens (tertiary/aromatic N) is 1. The molecule has 16 heavy (non-hydrogen) atoms. The fourth-order valence-corrected chi connectivity index (χ4v) is 3.41. The highest BCUT2D eigenvalue weighted by atomic mass is 15.2. The molecular formula is C14H28N2. The molecule has 2 nitrogen and oxygen atoms in total. The van der Waals surface area contributed by atoms with Gasteiger partial charge in [-0.3, -0.25) is 0 Å². The smallest absolute Gasteiger partial charge is 0.0165 e. The van der Waals surface area contributed by atoms with Gasteiger partial charge in [-0.2, -0.15) is 0 Å². The van der Waals surface area contributed by atoms with Gasteiger partial charge in [0.05, 0.1) is 0 Å². The maximum Gasteiger partial charge on any atom is 0.0165 e. The minimum Gasteiger partial charge on any atom is -0.310 e. The summed E-state index contributed by atoms with van der Waals surface area (Å²) in [4.78, 5) is 2.56. The summed E-state index contributed by atoms with van der Waals surface area (Å²) in [6.07, 6.45) is 2.60. The van der Waals surface area contributed by atoms with Crippen molar-refractivity contribution in [1.82, 2.24) is 10.2 Å². The van der Waals surface area contributed by atoms with E-state index < -0.39 is 0 Å². The molecule has 0 amide bonds. The molecule has 0 aromatic rings. The van der Waals surface area contributed by atoms with Gasteiger partial charge in [-0.1, -0.05) is 20.8 Å². The molecule has 94 valence electrons. The molecule has 2 rings (SSSR count). The van der Waals surface area contributed by atoms with Crippen molar-refractivity contribution in [3.05, 3.63) is 0 Å². The lowest BCUT2D eigenvalue weighted by Gasteiger charge is -2.43. The summed E-state index contributed by atoms with van der Waals surface area (Å²) in [5, 5.41) is 3.88. The van der Waals surface area contributed by atoms with Crippen LogP contribution in [-0.2, 0) is 0 Å². The van der Waals surface area contributed by atoms with Crippen LogP contribution in [0.25, 0.3) is 0 Å². The number of nitrogens with one attached hydrogen (secondary N) is 1. The monoisotopic (exact) mass is 224 g/mol. The maximum atomic E-state index is 3.88. The Morgan fingerprint density at radius 1 is 1.12 bits per heavy atom. The molecule has 3 atom stereocenters. The van der Waals surface area contributed by atoms with Gasteiger partial charge in [0, 0.05) is 24.2 Å². The number of hydrogen-bond donors (Lipinski definition) is 1. The molecule has 0 saturated carbocycles. The molecule has 0 radical (unpaired) electrons. The summed E-state index contributed by atoms with van der Waals surface area (Å²) in [6, 6.07) is 1.40. The first kappa shape index (κ1) is 12.4. The summed E-state index contributed by atoms with van der Waals surface area (Å²) in [7, 11) is 2.29. The van der Waals surface area contributed by atoms with Gasteiger partial charge in [0.1, 0.15) is 0 Å². The summed E-state index contributed by atoms with van der Waals surface area (Å²) in [6.45, 7) is 13.2. The number of hydrogen-bond acceptors (Lipinski definition) is 2. The van der Waals surface area contributed by atoms with Crippen LogP contribution in [-0.4, -0.2) is 36.1 Å². The second-order valence-electron chi connectivity index (χ2n) is 7.39. The van der Waals surface area contributed by atoms with E-state index >= 15 is 0 Å². The predicted octanol–water partition coefficient (Wildman–Crippen LogP) is 2.49. The summed E-state index contributed by atoms with van der Waals surface area (Å²) in [5.74, 6) is 0.758. The highest BCUT2D eigenvalue weighted by Crippen LogP contribution is 2.42. The quantitative estimate of drug-likeness (QED) is 0.680. The lowest BCUT2D eigenvalue weighted by Crippen LogP contribution is -2.53. The third-order valence-corrected chi connectivity index (χ3v) is 5.09. The molecule has 2 aliphatic heterocycles. The Hall–Kier alpha value is -0.0800. The lowest BCUT2D eigenvalue weighted by atomic mass is 9.78. The van der Waals surface area contributed by atoms with Crippen molar-refractivity contribution in [2.24, 2.45) is 11.3 Å². The molecule has 2 heterocycles. The Morgan fingerprint density at radius 3 is 2.38 bits per heavy atom. The van der Waals surface area contributed by atoms with E-state index in [0.717, 1.165) is 12.0 Å². The van der Waals surface area contributed by atoms with Gasteiger partial charge in [0.15, 0.2) is 0 Å². The van der Waals surface area contributed by atoms with Gasteiger partial charge in [0.2, 0.25) is 0 Å². The molecule has 2 fully saturated rings. The highest BCUT2D eigenvalue weighted by molar-refractivity contribution is 5.04. The van der Waals surface area contributed by atoms with E-state index in [4.69, 9.17) is 0 Å². The van der Waals surface area contributed by atoms with Crippen molar-refractivity contribution < 1.29 is 0 Å². The Balaban J connectivity index is 2.26. The van der Waals surface area contributed by atoms with Crippen molar-refractivity contribution in [2.45, 2.75) is 65.1 Å². The average molecular weight is 224 g/mol. The van der Waals surface area contributed by atoms with Gasteiger partial charge in [-0.25, -0.2) is 0 Å². The highest BCUT2D eigenvalue weighted by Gasteiger charge is 2.46. The van der Waals surface area contributed by atoms with Gasteiger partial charge in [-0.15, -0.1) is 0 Å². The first-order chi connectivity index (χ1) is 7.22. The van der Waals surface area contributed by atoms with Gasteiger partial charge >= 0.3 is 0 Å². The van der Waals surface area contributed by atoms with Crippen molar-refractivity contribution in [3.8, 4) is 0 Å². The minimum absolute atomic E-state index is 0.318. The van der Waals surface area contributed by atoms with Crippen LogP contribution >= 0.6 is 0 Å². The van der Waals surface area contributed by atoms with Crippen LogP contribution in [0.4, 0.5) is 0 Å². The summed E-state index contributed by atoms with van der Waals surface area (Å²) >= 11 is 0. The molecule has 2 aliphatic rings. The second kappa shape index (κ2) is 3.71. The largest absolute Gasteiger partial charge is 0.310 e. The zero-order chi connectivity index (χ0) is 12.1. The Labute approximate surface area is 101 Å². The van der Waals surface area contributed by atoms with Crippen LogP contribution in [0.3, 0.4) is 0 Å². The molecule has 2 saturated heterocycles. The summed E-state index contributed by atoms with van der Waals surface area (Å²) < 4.78 is 0. The Kier molecular flexibility index (Phi) is 2.87. The second-order valence-corrected chi connectivity index (χ2v) is 7.39. The molecule has 0 aromatic carbocycles. The molecular weight excluding hydrogens is 196 g/mol. The minimum atomic E-state index is 0.318. The van der Waals surface area contributed by atoms with Gasteiger partial charge in [0.25, 0.3) is 0 Å². The fourth-order valence-electron chi connectivity index (χ4n) is 3.41. The van der Waals surface area contributed by atoms with E-state index in [9.17, 15) is 0 Å². The fraction of sp³-hybridized carbons (Fsp3) is 1.00. The SMILES string of the molecule is CC1CN(C)C(C)(C)CC2NC1CC2(C)C. The predicted molar refractivity (Wildman–Crippen MR) is 69.6 cm³/mol. The maximum absolute atomic E-state index is 3.88. The topological polar surface area (TPSA) is 15.3 Å².